The Bertz CT molecular complexity index is 1250. The molecule has 0 bridgehead atoms. The number of rotatable bonds is 7. The lowest BCUT2D eigenvalue weighted by Crippen LogP contribution is -2.36. The third-order valence-corrected chi connectivity index (χ3v) is 8.73. The van der Waals surface area contributed by atoms with Crippen LogP contribution in [0.15, 0.2) is 42.2 Å². The van der Waals surface area contributed by atoms with Crippen LogP contribution in [0.1, 0.15) is 43.9 Å². The Balaban J connectivity index is 1.59. The van der Waals surface area contributed by atoms with Gasteiger partial charge in [-0.1, -0.05) is 17.7 Å². The molecule has 0 saturated carbocycles. The first-order chi connectivity index (χ1) is 15.6. The van der Waals surface area contributed by atoms with Gasteiger partial charge in [0.05, 0.1) is 11.4 Å². The molecular formula is C24H29ClN2O5S. The number of allylic oxidation sites excluding steroid dienone is 2. The highest BCUT2D eigenvalue weighted by Crippen LogP contribution is 2.39. The van der Waals surface area contributed by atoms with Crippen LogP contribution < -0.4 is 0 Å². The maximum atomic E-state index is 13.3. The Labute approximate surface area is 199 Å². The van der Waals surface area contributed by atoms with Crippen molar-refractivity contribution in [3.05, 3.63) is 58.5 Å². The molecule has 0 spiro atoms. The number of benzene rings is 1. The molecule has 2 heterocycles. The lowest BCUT2D eigenvalue weighted by molar-refractivity contribution is -0.137. The summed E-state index contributed by atoms with van der Waals surface area (Å²) in [6, 6.07) is 5.42. The molecule has 0 radical (unpaired) electrons. The van der Waals surface area contributed by atoms with Crippen molar-refractivity contribution in [1.82, 2.24) is 8.87 Å². The van der Waals surface area contributed by atoms with Crippen molar-refractivity contribution >= 4 is 38.5 Å². The van der Waals surface area contributed by atoms with E-state index in [1.807, 2.05) is 39.0 Å². The van der Waals surface area contributed by atoms with Crippen molar-refractivity contribution in [2.45, 2.75) is 57.4 Å². The summed E-state index contributed by atoms with van der Waals surface area (Å²) < 4.78 is 35.7. The molecule has 0 amide bonds. The van der Waals surface area contributed by atoms with Crippen LogP contribution in [-0.4, -0.2) is 52.8 Å². The number of carboxylic acids is 1. The van der Waals surface area contributed by atoms with Crippen molar-refractivity contribution in [2.75, 3.05) is 13.1 Å². The molecule has 1 aliphatic heterocycles. The van der Waals surface area contributed by atoms with Gasteiger partial charge in [-0.25, -0.2) is 12.7 Å². The molecule has 1 saturated heterocycles. The van der Waals surface area contributed by atoms with Crippen LogP contribution in [0.2, 0.25) is 5.02 Å². The highest BCUT2D eigenvalue weighted by molar-refractivity contribution is 7.89. The van der Waals surface area contributed by atoms with Crippen LogP contribution in [0, 0.1) is 6.92 Å². The minimum absolute atomic E-state index is 0.0289. The normalized spacial score (nSPS) is 21.7. The van der Waals surface area contributed by atoms with Gasteiger partial charge in [0.1, 0.15) is 12.3 Å². The van der Waals surface area contributed by atoms with E-state index >= 15 is 0 Å². The average molecular weight is 493 g/mol. The van der Waals surface area contributed by atoms with Crippen LogP contribution in [0.3, 0.4) is 0 Å². The number of aromatic nitrogens is 1. The molecule has 1 aromatic heterocycles. The number of carboxylic acid groups (broad SMARTS) is 1. The molecule has 2 atom stereocenters. The number of hydrogen-bond donors (Lipinski definition) is 1. The second-order valence-corrected chi connectivity index (χ2v) is 11.5. The zero-order valence-corrected chi connectivity index (χ0v) is 20.6. The van der Waals surface area contributed by atoms with Gasteiger partial charge in [-0.3, -0.25) is 4.79 Å². The SMILES string of the molecule is Cc1c(C2CCN(S(=O)(=O)C3C=CC(OC(C)C)=CC3)C2)c2cc(Cl)ccc2n1CC(=O)O. The molecule has 2 unspecified atom stereocenters. The predicted octanol–water partition coefficient (Wildman–Crippen LogP) is 4.44. The number of sulfonamides is 1. The van der Waals surface area contributed by atoms with Crippen molar-refractivity contribution < 1.29 is 23.1 Å². The van der Waals surface area contributed by atoms with Gasteiger partial charge >= 0.3 is 5.97 Å². The van der Waals surface area contributed by atoms with Gasteiger partial charge in [0.25, 0.3) is 0 Å². The van der Waals surface area contributed by atoms with E-state index in [-0.39, 0.29) is 18.6 Å². The van der Waals surface area contributed by atoms with E-state index in [1.54, 1.807) is 27.1 Å². The van der Waals surface area contributed by atoms with Gasteiger partial charge < -0.3 is 14.4 Å². The fourth-order valence-electron chi connectivity index (χ4n) is 4.88. The lowest BCUT2D eigenvalue weighted by Gasteiger charge is -2.24. The average Bonchev–Trinajstić information content (AvgIpc) is 3.31. The van der Waals surface area contributed by atoms with Gasteiger partial charge in [0.2, 0.25) is 10.0 Å². The van der Waals surface area contributed by atoms with Crippen LogP contribution in [-0.2, 0) is 26.1 Å². The molecule has 4 rings (SSSR count). The molecule has 33 heavy (non-hydrogen) atoms. The summed E-state index contributed by atoms with van der Waals surface area (Å²) in [5.74, 6) is -0.252. The third-order valence-electron chi connectivity index (χ3n) is 6.33. The molecule has 1 fully saturated rings. The van der Waals surface area contributed by atoms with Gasteiger partial charge in [0.15, 0.2) is 0 Å². The zero-order chi connectivity index (χ0) is 23.9. The maximum Gasteiger partial charge on any atom is 0.323 e. The summed E-state index contributed by atoms with van der Waals surface area (Å²) in [6.45, 7) is 6.41. The maximum absolute atomic E-state index is 13.3. The summed E-state index contributed by atoms with van der Waals surface area (Å²) in [6.07, 6.45) is 6.38. The number of ether oxygens (including phenoxy) is 1. The molecule has 2 aromatic rings. The number of aliphatic carboxylic acids is 1. The highest BCUT2D eigenvalue weighted by Gasteiger charge is 2.38. The molecular weight excluding hydrogens is 464 g/mol. The molecule has 1 aromatic carbocycles. The highest BCUT2D eigenvalue weighted by atomic mass is 35.5. The quantitative estimate of drug-likeness (QED) is 0.617. The first kappa shape index (κ1) is 23.9. The lowest BCUT2D eigenvalue weighted by atomic mass is 9.95. The van der Waals surface area contributed by atoms with Gasteiger partial charge in [0, 0.05) is 40.6 Å². The Kier molecular flexibility index (Phi) is 6.62. The van der Waals surface area contributed by atoms with Crippen molar-refractivity contribution in [1.29, 1.82) is 0 Å². The number of nitrogens with zero attached hydrogens (tertiary/aromatic N) is 2. The van der Waals surface area contributed by atoms with Crippen molar-refractivity contribution in [3.63, 3.8) is 0 Å². The van der Waals surface area contributed by atoms with E-state index in [0.29, 0.717) is 36.7 Å². The summed E-state index contributed by atoms with van der Waals surface area (Å²) in [5, 5.41) is 10.2. The van der Waals surface area contributed by atoms with Gasteiger partial charge in [-0.05, 0) is 69.5 Å². The summed E-state index contributed by atoms with van der Waals surface area (Å²) >= 11 is 6.26. The zero-order valence-electron chi connectivity index (χ0n) is 19.0. The Morgan fingerprint density at radius 3 is 2.73 bits per heavy atom. The third kappa shape index (κ3) is 4.69. The van der Waals surface area contributed by atoms with Crippen molar-refractivity contribution in [3.8, 4) is 0 Å². The van der Waals surface area contributed by atoms with E-state index in [0.717, 1.165) is 22.2 Å². The van der Waals surface area contributed by atoms with Gasteiger partial charge in [-0.2, -0.15) is 0 Å². The van der Waals surface area contributed by atoms with Crippen LogP contribution in [0.25, 0.3) is 10.9 Å². The van der Waals surface area contributed by atoms with E-state index in [2.05, 4.69) is 0 Å². The second-order valence-electron chi connectivity index (χ2n) is 8.94. The first-order valence-electron chi connectivity index (χ1n) is 11.1. The smallest absolute Gasteiger partial charge is 0.323 e. The molecule has 1 N–H and O–H groups in total. The predicted molar refractivity (Wildman–Crippen MR) is 129 cm³/mol. The number of fused-ring (bicyclic) bond motifs is 1. The molecule has 2 aliphatic rings. The topological polar surface area (TPSA) is 88.8 Å². The Hall–Kier alpha value is -2.29. The van der Waals surface area contributed by atoms with Crippen LogP contribution in [0.4, 0.5) is 0 Å². The standard InChI is InChI=1S/C24H29ClN2O5S/c1-15(2)32-19-5-7-20(8-6-19)33(30,31)26-11-10-17(13-26)24-16(3)27(14-23(28)29)22-9-4-18(25)12-21(22)24/h4-7,9,12,15,17,20H,8,10-11,13-14H2,1-3H3,(H,28,29). The minimum atomic E-state index is -3.52. The molecule has 9 heteroatoms. The van der Waals surface area contributed by atoms with E-state index in [9.17, 15) is 18.3 Å². The summed E-state index contributed by atoms with van der Waals surface area (Å²) in [4.78, 5) is 11.4. The monoisotopic (exact) mass is 492 g/mol. The Morgan fingerprint density at radius 2 is 2.09 bits per heavy atom. The van der Waals surface area contributed by atoms with Crippen LogP contribution >= 0.6 is 11.6 Å². The van der Waals surface area contributed by atoms with Gasteiger partial charge in [-0.15, -0.1) is 0 Å². The number of carbonyl (C=O) groups is 1. The van der Waals surface area contributed by atoms with E-state index in [4.69, 9.17) is 16.3 Å². The number of hydrogen-bond acceptors (Lipinski definition) is 4. The van der Waals surface area contributed by atoms with E-state index in [1.165, 1.54) is 0 Å². The van der Waals surface area contributed by atoms with Crippen molar-refractivity contribution in [2.24, 2.45) is 0 Å². The minimum Gasteiger partial charge on any atom is -0.491 e. The first-order valence-corrected chi connectivity index (χ1v) is 13.0. The van der Waals surface area contributed by atoms with E-state index < -0.39 is 21.2 Å². The number of halogens is 1. The fraction of sp³-hybridized carbons (Fsp3) is 0.458. The second kappa shape index (κ2) is 9.16. The van der Waals surface area contributed by atoms with Crippen LogP contribution in [0.5, 0.6) is 0 Å². The molecule has 1 aliphatic carbocycles. The summed E-state index contributed by atoms with van der Waals surface area (Å²) in [7, 11) is -3.52. The molecule has 178 valence electrons. The largest absolute Gasteiger partial charge is 0.491 e. The Morgan fingerprint density at radius 1 is 1.33 bits per heavy atom. The summed E-state index contributed by atoms with van der Waals surface area (Å²) in [5.41, 5.74) is 2.63. The molecule has 7 nitrogen and oxygen atoms in total. The fourth-order valence-corrected chi connectivity index (χ4v) is 6.80.